The van der Waals surface area contributed by atoms with E-state index in [1.54, 1.807) is 12.1 Å². The molecule has 0 aliphatic heterocycles. The topological polar surface area (TPSA) is 58.6 Å². The molecule has 0 amide bonds. The first-order valence-electron chi connectivity index (χ1n) is 5.90. The summed E-state index contributed by atoms with van der Waals surface area (Å²) in [5, 5.41) is 12.0. The number of allylic oxidation sites excluding steroid dienone is 1. The van der Waals surface area contributed by atoms with Gasteiger partial charge in [0, 0.05) is 13.1 Å². The molecule has 1 rings (SSSR count). The number of rotatable bonds is 7. The lowest BCUT2D eigenvalue weighted by Gasteiger charge is -2.06. The van der Waals surface area contributed by atoms with Crippen molar-refractivity contribution in [2.24, 2.45) is 0 Å². The minimum absolute atomic E-state index is 0.268. The molecule has 0 saturated carbocycles. The molecule has 0 bridgehead atoms. The number of ether oxygens (including phenoxy) is 1. The van der Waals surface area contributed by atoms with Crippen molar-refractivity contribution in [2.75, 3.05) is 19.7 Å². The number of carboxylic acid groups (broad SMARTS) is 1. The predicted molar refractivity (Wildman–Crippen MR) is 71.2 cm³/mol. The summed E-state index contributed by atoms with van der Waals surface area (Å²) < 4.78 is 5.47. The zero-order valence-corrected chi connectivity index (χ0v) is 10.8. The number of carbonyl (C=O) groups is 1. The highest BCUT2D eigenvalue weighted by molar-refractivity contribution is 5.87. The lowest BCUT2D eigenvalue weighted by atomic mass is 10.2. The van der Waals surface area contributed by atoms with Crippen molar-refractivity contribution in [1.82, 2.24) is 5.32 Å². The molecular weight excluding hydrogens is 230 g/mol. The summed E-state index contributed by atoms with van der Waals surface area (Å²) in [6, 6.07) is 6.40. The van der Waals surface area contributed by atoms with Crippen LogP contribution in [0, 0.1) is 0 Å². The van der Waals surface area contributed by atoms with E-state index >= 15 is 0 Å². The molecule has 0 fully saturated rings. The van der Waals surface area contributed by atoms with Gasteiger partial charge in [-0.25, -0.2) is 4.79 Å². The summed E-state index contributed by atoms with van der Waals surface area (Å²) in [5.74, 6) is -0.242. The van der Waals surface area contributed by atoms with Crippen molar-refractivity contribution in [3.05, 3.63) is 41.5 Å². The average Bonchev–Trinajstić information content (AvgIpc) is 2.34. The molecule has 4 nitrogen and oxygen atoms in total. The smallest absolute Gasteiger partial charge is 0.335 e. The molecule has 0 unspecified atom stereocenters. The Kier molecular flexibility index (Phi) is 5.94. The van der Waals surface area contributed by atoms with E-state index in [1.165, 1.54) is 17.7 Å². The first kappa shape index (κ1) is 14.3. The molecule has 1 aromatic rings. The normalized spacial score (nSPS) is 9.89. The van der Waals surface area contributed by atoms with E-state index in [2.05, 4.69) is 25.2 Å². The van der Waals surface area contributed by atoms with Crippen molar-refractivity contribution in [3.63, 3.8) is 0 Å². The summed E-state index contributed by atoms with van der Waals surface area (Å²) in [6.45, 7) is 6.27. The molecular formula is C14H19NO3. The lowest BCUT2D eigenvalue weighted by molar-refractivity contribution is 0.0697. The fourth-order valence-electron chi connectivity index (χ4n) is 1.31. The third-order valence-corrected chi connectivity index (χ3v) is 2.30. The van der Waals surface area contributed by atoms with Crippen LogP contribution in [-0.4, -0.2) is 30.8 Å². The second-order valence-corrected chi connectivity index (χ2v) is 4.16. The maximum Gasteiger partial charge on any atom is 0.335 e. The second-order valence-electron chi connectivity index (χ2n) is 4.16. The van der Waals surface area contributed by atoms with Crippen LogP contribution in [0.15, 0.2) is 35.9 Å². The zero-order valence-electron chi connectivity index (χ0n) is 10.8. The van der Waals surface area contributed by atoms with Gasteiger partial charge in [-0.1, -0.05) is 11.6 Å². The van der Waals surface area contributed by atoms with Gasteiger partial charge in [0.1, 0.15) is 12.4 Å². The Morgan fingerprint density at radius 3 is 2.56 bits per heavy atom. The molecule has 4 heteroatoms. The van der Waals surface area contributed by atoms with Gasteiger partial charge in [0.2, 0.25) is 0 Å². The highest BCUT2D eigenvalue weighted by Gasteiger charge is 2.01. The van der Waals surface area contributed by atoms with Gasteiger partial charge in [0.25, 0.3) is 0 Å². The van der Waals surface area contributed by atoms with E-state index in [-0.39, 0.29) is 5.56 Å². The van der Waals surface area contributed by atoms with Crippen LogP contribution < -0.4 is 10.1 Å². The molecule has 0 radical (unpaired) electrons. The van der Waals surface area contributed by atoms with Crippen molar-refractivity contribution < 1.29 is 14.6 Å². The molecule has 0 aliphatic carbocycles. The van der Waals surface area contributed by atoms with Gasteiger partial charge in [0.05, 0.1) is 5.56 Å². The Hall–Kier alpha value is -1.81. The van der Waals surface area contributed by atoms with Gasteiger partial charge in [-0.05, 0) is 38.1 Å². The third-order valence-electron chi connectivity index (χ3n) is 2.30. The van der Waals surface area contributed by atoms with E-state index in [1.807, 2.05) is 0 Å². The molecule has 0 saturated heterocycles. The summed E-state index contributed by atoms with van der Waals surface area (Å²) in [4.78, 5) is 10.6. The Labute approximate surface area is 107 Å². The lowest BCUT2D eigenvalue weighted by Crippen LogP contribution is -2.21. The maximum atomic E-state index is 10.6. The fourth-order valence-corrected chi connectivity index (χ4v) is 1.31. The van der Waals surface area contributed by atoms with Crippen molar-refractivity contribution in [1.29, 1.82) is 0 Å². The fraction of sp³-hybridized carbons (Fsp3) is 0.357. The summed E-state index contributed by atoms with van der Waals surface area (Å²) in [6.07, 6.45) is 2.11. The van der Waals surface area contributed by atoms with E-state index in [0.717, 1.165) is 13.1 Å². The number of hydrogen-bond donors (Lipinski definition) is 2. The molecule has 0 heterocycles. The zero-order chi connectivity index (χ0) is 13.4. The largest absolute Gasteiger partial charge is 0.492 e. The molecule has 0 atom stereocenters. The van der Waals surface area contributed by atoms with E-state index in [0.29, 0.717) is 12.4 Å². The predicted octanol–water partition coefficient (Wildman–Crippen LogP) is 2.32. The summed E-state index contributed by atoms with van der Waals surface area (Å²) in [5.41, 5.74) is 1.55. The number of carboxylic acids is 1. The van der Waals surface area contributed by atoms with Crippen LogP contribution in [0.3, 0.4) is 0 Å². The van der Waals surface area contributed by atoms with Crippen molar-refractivity contribution in [3.8, 4) is 5.75 Å². The molecule has 0 aromatic heterocycles. The second kappa shape index (κ2) is 7.50. The number of benzene rings is 1. The minimum atomic E-state index is -0.926. The van der Waals surface area contributed by atoms with Gasteiger partial charge < -0.3 is 15.2 Å². The maximum absolute atomic E-state index is 10.6. The van der Waals surface area contributed by atoms with Crippen LogP contribution in [0.1, 0.15) is 24.2 Å². The van der Waals surface area contributed by atoms with E-state index in [4.69, 9.17) is 9.84 Å². The summed E-state index contributed by atoms with van der Waals surface area (Å²) in [7, 11) is 0. The Morgan fingerprint density at radius 1 is 1.33 bits per heavy atom. The van der Waals surface area contributed by atoms with Crippen LogP contribution in [0.5, 0.6) is 5.75 Å². The standard InChI is InChI=1S/C14H19NO3/c1-11(2)7-8-15-9-10-18-13-5-3-12(4-6-13)14(16)17/h3-7,15H,8-10H2,1-2H3,(H,16,17). The van der Waals surface area contributed by atoms with Gasteiger partial charge in [0.15, 0.2) is 0 Å². The van der Waals surface area contributed by atoms with Crippen LogP contribution in [0.2, 0.25) is 0 Å². The molecule has 98 valence electrons. The molecule has 0 aliphatic rings. The Balaban J connectivity index is 2.23. The SMILES string of the molecule is CC(C)=CCNCCOc1ccc(C(=O)O)cc1. The van der Waals surface area contributed by atoms with Crippen LogP contribution in [0.4, 0.5) is 0 Å². The minimum Gasteiger partial charge on any atom is -0.492 e. The third kappa shape index (κ3) is 5.50. The van der Waals surface area contributed by atoms with Crippen molar-refractivity contribution in [2.45, 2.75) is 13.8 Å². The molecule has 18 heavy (non-hydrogen) atoms. The molecule has 0 spiro atoms. The first-order valence-corrected chi connectivity index (χ1v) is 5.90. The van der Waals surface area contributed by atoms with Gasteiger partial charge in [-0.2, -0.15) is 0 Å². The molecule has 1 aromatic carbocycles. The first-order chi connectivity index (χ1) is 8.59. The summed E-state index contributed by atoms with van der Waals surface area (Å²) >= 11 is 0. The van der Waals surface area contributed by atoms with Crippen LogP contribution in [0.25, 0.3) is 0 Å². The monoisotopic (exact) mass is 249 g/mol. The van der Waals surface area contributed by atoms with Crippen LogP contribution in [-0.2, 0) is 0 Å². The Bertz CT molecular complexity index is 406. The van der Waals surface area contributed by atoms with Gasteiger partial charge in [-0.3, -0.25) is 0 Å². The number of aromatic carboxylic acids is 1. The van der Waals surface area contributed by atoms with E-state index in [9.17, 15) is 4.79 Å². The van der Waals surface area contributed by atoms with E-state index < -0.39 is 5.97 Å². The number of nitrogens with one attached hydrogen (secondary N) is 1. The highest BCUT2D eigenvalue weighted by Crippen LogP contribution is 2.11. The van der Waals surface area contributed by atoms with Crippen LogP contribution >= 0.6 is 0 Å². The number of hydrogen-bond acceptors (Lipinski definition) is 3. The van der Waals surface area contributed by atoms with Gasteiger partial charge >= 0.3 is 5.97 Å². The Morgan fingerprint density at radius 2 is 2.00 bits per heavy atom. The average molecular weight is 249 g/mol. The van der Waals surface area contributed by atoms with Gasteiger partial charge in [-0.15, -0.1) is 0 Å². The van der Waals surface area contributed by atoms with Crippen molar-refractivity contribution >= 4 is 5.97 Å². The quantitative estimate of drug-likeness (QED) is 0.575. The molecule has 2 N–H and O–H groups in total. The highest BCUT2D eigenvalue weighted by atomic mass is 16.5.